The summed E-state index contributed by atoms with van der Waals surface area (Å²) >= 11 is 0. The molecule has 164 valence electrons. The van der Waals surface area contributed by atoms with Crippen molar-refractivity contribution in [3.8, 4) is 11.5 Å². The van der Waals surface area contributed by atoms with Gasteiger partial charge in [-0.25, -0.2) is 9.37 Å². The van der Waals surface area contributed by atoms with Crippen LogP contribution in [0.4, 0.5) is 27.1 Å². The van der Waals surface area contributed by atoms with Gasteiger partial charge in [-0.3, -0.25) is 9.97 Å². The number of nitrogens with zero attached hydrogens (tertiary/aromatic N) is 3. The maximum absolute atomic E-state index is 13.8. The number of hydrogen-bond acceptors (Lipinski definition) is 6. The topological polar surface area (TPSA) is 75.9 Å². The Morgan fingerprint density at radius 2 is 1.59 bits per heavy atom. The molecule has 3 aromatic carbocycles. The number of fused-ring (bicyclic) bond motifs is 2. The monoisotopic (exact) mass is 447 g/mol. The molecule has 0 aliphatic heterocycles. The van der Waals surface area contributed by atoms with Gasteiger partial charge in [0.05, 0.1) is 5.52 Å². The Hall–Kier alpha value is -4.78. The van der Waals surface area contributed by atoms with Gasteiger partial charge in [0.1, 0.15) is 11.3 Å². The number of anilines is 4. The number of pyridine rings is 2. The molecule has 6 rings (SSSR count). The molecule has 6 nitrogen and oxygen atoms in total. The average molecular weight is 447 g/mol. The van der Waals surface area contributed by atoms with Crippen LogP contribution in [0.3, 0.4) is 0 Å². The second kappa shape index (κ2) is 8.29. The molecule has 3 aromatic heterocycles. The van der Waals surface area contributed by atoms with E-state index >= 15 is 0 Å². The SMILES string of the molecule is Fc1ccc2nccc(Nc3ccc4oc(-c5cccc(Nc6ccncc6)c5)nc4c3)c2c1. The van der Waals surface area contributed by atoms with E-state index in [-0.39, 0.29) is 5.82 Å². The lowest BCUT2D eigenvalue weighted by Gasteiger charge is -2.09. The predicted molar refractivity (Wildman–Crippen MR) is 132 cm³/mol. The smallest absolute Gasteiger partial charge is 0.227 e. The van der Waals surface area contributed by atoms with Crippen molar-refractivity contribution in [2.45, 2.75) is 0 Å². The lowest BCUT2D eigenvalue weighted by atomic mass is 10.1. The van der Waals surface area contributed by atoms with Crippen LogP contribution in [0.15, 0.2) is 102 Å². The Morgan fingerprint density at radius 3 is 2.50 bits per heavy atom. The van der Waals surface area contributed by atoms with Gasteiger partial charge < -0.3 is 15.1 Å². The summed E-state index contributed by atoms with van der Waals surface area (Å²) in [6, 6.07) is 23.7. The van der Waals surface area contributed by atoms with Gasteiger partial charge in [0.25, 0.3) is 0 Å². The molecule has 6 aromatic rings. The van der Waals surface area contributed by atoms with E-state index < -0.39 is 0 Å². The van der Waals surface area contributed by atoms with E-state index in [1.54, 1.807) is 24.7 Å². The van der Waals surface area contributed by atoms with Crippen LogP contribution in [0.2, 0.25) is 0 Å². The van der Waals surface area contributed by atoms with Gasteiger partial charge in [-0.1, -0.05) is 6.07 Å². The van der Waals surface area contributed by atoms with Crippen LogP contribution in [-0.4, -0.2) is 15.0 Å². The summed E-state index contributed by atoms with van der Waals surface area (Å²) in [6.45, 7) is 0. The zero-order valence-electron chi connectivity index (χ0n) is 17.9. The molecular formula is C27H18FN5O. The van der Waals surface area contributed by atoms with Gasteiger partial charge in [0.2, 0.25) is 5.89 Å². The highest BCUT2D eigenvalue weighted by molar-refractivity contribution is 5.93. The number of hydrogen-bond donors (Lipinski definition) is 2. The van der Waals surface area contributed by atoms with Crippen molar-refractivity contribution in [3.05, 3.63) is 103 Å². The first-order chi connectivity index (χ1) is 16.7. The number of nitrogens with one attached hydrogen (secondary N) is 2. The molecular weight excluding hydrogens is 429 g/mol. The van der Waals surface area contributed by atoms with Crippen molar-refractivity contribution in [1.82, 2.24) is 15.0 Å². The lowest BCUT2D eigenvalue weighted by Crippen LogP contribution is -1.93. The van der Waals surface area contributed by atoms with E-state index in [1.165, 1.54) is 12.1 Å². The van der Waals surface area contributed by atoms with Crippen molar-refractivity contribution in [3.63, 3.8) is 0 Å². The molecule has 0 saturated carbocycles. The molecule has 0 aliphatic rings. The van der Waals surface area contributed by atoms with Gasteiger partial charge in [-0.15, -0.1) is 0 Å². The molecule has 0 radical (unpaired) electrons. The molecule has 34 heavy (non-hydrogen) atoms. The van der Waals surface area contributed by atoms with Gasteiger partial charge in [-0.05, 0) is 72.8 Å². The standard InChI is InChI=1S/C27H18FN5O/c28-18-4-6-23-22(15-18)24(10-13-30-23)32-21-5-7-26-25(16-21)33-27(34-26)17-2-1-3-20(14-17)31-19-8-11-29-12-9-19/h1-16H,(H,29,31)(H,30,32). The van der Waals surface area contributed by atoms with E-state index in [1.807, 2.05) is 60.7 Å². The van der Waals surface area contributed by atoms with E-state index in [2.05, 4.69) is 20.6 Å². The fourth-order valence-electron chi connectivity index (χ4n) is 3.84. The molecule has 0 unspecified atom stereocenters. The summed E-state index contributed by atoms with van der Waals surface area (Å²) in [7, 11) is 0. The van der Waals surface area contributed by atoms with E-state index in [0.717, 1.165) is 39.3 Å². The van der Waals surface area contributed by atoms with Crippen molar-refractivity contribution in [1.29, 1.82) is 0 Å². The van der Waals surface area contributed by atoms with Crippen LogP contribution < -0.4 is 10.6 Å². The predicted octanol–water partition coefficient (Wildman–Crippen LogP) is 7.06. The molecule has 0 spiro atoms. The zero-order chi connectivity index (χ0) is 22.9. The Bertz CT molecular complexity index is 1630. The Balaban J connectivity index is 1.30. The Labute approximate surface area is 194 Å². The summed E-state index contributed by atoms with van der Waals surface area (Å²) in [5, 5.41) is 7.41. The van der Waals surface area contributed by atoms with Gasteiger partial charge >= 0.3 is 0 Å². The minimum Gasteiger partial charge on any atom is -0.436 e. The Morgan fingerprint density at radius 1 is 0.706 bits per heavy atom. The van der Waals surface area contributed by atoms with Crippen molar-refractivity contribution >= 4 is 44.8 Å². The van der Waals surface area contributed by atoms with E-state index in [0.29, 0.717) is 16.9 Å². The summed E-state index contributed by atoms with van der Waals surface area (Å²) in [5.74, 6) is 0.225. The molecule has 0 fully saturated rings. The largest absolute Gasteiger partial charge is 0.436 e. The fraction of sp³-hybridized carbons (Fsp3) is 0. The maximum atomic E-state index is 13.8. The quantitative estimate of drug-likeness (QED) is 0.294. The van der Waals surface area contributed by atoms with Crippen molar-refractivity contribution < 1.29 is 8.81 Å². The van der Waals surface area contributed by atoms with Crippen LogP contribution in [0.1, 0.15) is 0 Å². The van der Waals surface area contributed by atoms with Crippen molar-refractivity contribution in [2.24, 2.45) is 0 Å². The average Bonchev–Trinajstić information content (AvgIpc) is 3.29. The summed E-state index contributed by atoms with van der Waals surface area (Å²) in [5.41, 5.74) is 6.43. The number of rotatable bonds is 5. The van der Waals surface area contributed by atoms with Crippen LogP contribution >= 0.6 is 0 Å². The minimum absolute atomic E-state index is 0.305. The van der Waals surface area contributed by atoms with E-state index in [9.17, 15) is 4.39 Å². The maximum Gasteiger partial charge on any atom is 0.227 e. The summed E-state index contributed by atoms with van der Waals surface area (Å²) < 4.78 is 19.8. The highest BCUT2D eigenvalue weighted by Gasteiger charge is 2.11. The van der Waals surface area contributed by atoms with Gasteiger partial charge in [-0.2, -0.15) is 0 Å². The molecule has 0 amide bonds. The molecule has 3 heterocycles. The molecule has 0 aliphatic carbocycles. The highest BCUT2D eigenvalue weighted by Crippen LogP contribution is 2.31. The zero-order valence-corrected chi connectivity index (χ0v) is 17.9. The molecule has 7 heteroatoms. The van der Waals surface area contributed by atoms with Crippen LogP contribution in [0, 0.1) is 5.82 Å². The van der Waals surface area contributed by atoms with Crippen LogP contribution in [-0.2, 0) is 0 Å². The van der Waals surface area contributed by atoms with E-state index in [4.69, 9.17) is 9.40 Å². The fourth-order valence-corrected chi connectivity index (χ4v) is 3.84. The van der Waals surface area contributed by atoms with Gasteiger partial charge in [0.15, 0.2) is 5.58 Å². The second-order valence-corrected chi connectivity index (χ2v) is 7.79. The number of halogens is 1. The third-order valence-electron chi connectivity index (χ3n) is 5.45. The number of aromatic nitrogens is 3. The number of benzene rings is 3. The highest BCUT2D eigenvalue weighted by atomic mass is 19.1. The summed E-state index contributed by atoms with van der Waals surface area (Å²) in [6.07, 6.45) is 5.18. The summed E-state index contributed by atoms with van der Waals surface area (Å²) in [4.78, 5) is 13.0. The third-order valence-corrected chi connectivity index (χ3v) is 5.45. The number of oxazole rings is 1. The first kappa shape index (κ1) is 19.9. The van der Waals surface area contributed by atoms with Crippen LogP contribution in [0.25, 0.3) is 33.5 Å². The van der Waals surface area contributed by atoms with Gasteiger partial charge in [0, 0.05) is 52.3 Å². The molecule has 2 N–H and O–H groups in total. The molecule has 0 saturated heterocycles. The van der Waals surface area contributed by atoms with Crippen molar-refractivity contribution in [2.75, 3.05) is 10.6 Å². The normalized spacial score (nSPS) is 11.1. The first-order valence-electron chi connectivity index (χ1n) is 10.7. The third kappa shape index (κ3) is 3.91. The van der Waals surface area contributed by atoms with Crippen LogP contribution in [0.5, 0.6) is 0 Å². The first-order valence-corrected chi connectivity index (χ1v) is 10.7. The molecule has 0 bridgehead atoms. The minimum atomic E-state index is -0.305. The molecule has 0 atom stereocenters. The lowest BCUT2D eigenvalue weighted by molar-refractivity contribution is 0.620. The Kier molecular flexibility index (Phi) is 4.85. The second-order valence-electron chi connectivity index (χ2n) is 7.79.